The Hall–Kier alpha value is -1.90. The zero-order valence-corrected chi connectivity index (χ0v) is 13.0. The van der Waals surface area contributed by atoms with Gasteiger partial charge in [-0.15, -0.1) is 0 Å². The maximum Gasteiger partial charge on any atom is 0.133 e. The molecular weight excluding hydrogens is 246 g/mol. The lowest BCUT2D eigenvalue weighted by molar-refractivity contribution is 0.849. The van der Waals surface area contributed by atoms with E-state index in [4.69, 9.17) is 0 Å². The summed E-state index contributed by atoms with van der Waals surface area (Å²) in [6.07, 6.45) is 1.65. The fourth-order valence-corrected chi connectivity index (χ4v) is 2.59. The molecule has 0 fully saturated rings. The van der Waals surface area contributed by atoms with Crippen LogP contribution in [0.25, 0.3) is 11.3 Å². The first-order chi connectivity index (χ1) is 9.52. The second kappa shape index (κ2) is 6.04. The molecule has 0 aliphatic rings. The first-order valence-corrected chi connectivity index (χ1v) is 7.20. The topological polar surface area (TPSA) is 37.8 Å². The predicted octanol–water partition coefficient (Wildman–Crippen LogP) is 4.32. The van der Waals surface area contributed by atoms with Crippen molar-refractivity contribution in [2.75, 3.05) is 11.9 Å². The van der Waals surface area contributed by atoms with Crippen molar-refractivity contribution < 1.29 is 0 Å². The van der Waals surface area contributed by atoms with Gasteiger partial charge < -0.3 is 5.32 Å². The number of aryl methyl sites for hydroxylation is 2. The predicted molar refractivity (Wildman–Crippen MR) is 85.2 cm³/mol. The summed E-state index contributed by atoms with van der Waals surface area (Å²) in [7, 11) is 0. The second-order valence-electron chi connectivity index (χ2n) is 5.55. The van der Waals surface area contributed by atoms with E-state index in [0.717, 1.165) is 18.1 Å². The minimum absolute atomic E-state index is 0.376. The number of nitrogens with zero attached hydrogens (tertiary/aromatic N) is 2. The number of nitrogens with one attached hydrogen (secondary N) is 1. The normalized spacial score (nSPS) is 10.9. The maximum atomic E-state index is 4.54. The molecule has 1 aromatic carbocycles. The number of hydrogen-bond donors (Lipinski definition) is 1. The number of aromatic nitrogens is 2. The van der Waals surface area contributed by atoms with Gasteiger partial charge in [0.1, 0.15) is 12.1 Å². The first-order valence-electron chi connectivity index (χ1n) is 7.20. The van der Waals surface area contributed by atoms with Crippen molar-refractivity contribution >= 4 is 5.82 Å². The Labute approximate surface area is 121 Å². The Morgan fingerprint density at radius 3 is 2.25 bits per heavy atom. The van der Waals surface area contributed by atoms with E-state index in [9.17, 15) is 0 Å². The highest BCUT2D eigenvalue weighted by Crippen LogP contribution is 2.32. The SMILES string of the molecule is CCNc1ncnc(-c2cc(C)cc(C)c2)c1C(C)C. The molecule has 3 nitrogen and oxygen atoms in total. The Bertz CT molecular complexity index is 583. The summed E-state index contributed by atoms with van der Waals surface area (Å²) in [6, 6.07) is 6.57. The Morgan fingerprint density at radius 1 is 1.05 bits per heavy atom. The minimum atomic E-state index is 0.376. The monoisotopic (exact) mass is 269 g/mol. The molecule has 0 aliphatic heterocycles. The fraction of sp³-hybridized carbons (Fsp3) is 0.412. The van der Waals surface area contributed by atoms with Crippen LogP contribution in [-0.2, 0) is 0 Å². The summed E-state index contributed by atoms with van der Waals surface area (Å²) in [4.78, 5) is 8.94. The van der Waals surface area contributed by atoms with Crippen LogP contribution < -0.4 is 5.32 Å². The van der Waals surface area contributed by atoms with Crippen LogP contribution in [0, 0.1) is 13.8 Å². The third kappa shape index (κ3) is 2.98. The van der Waals surface area contributed by atoms with Gasteiger partial charge in [0.05, 0.1) is 5.69 Å². The minimum Gasteiger partial charge on any atom is -0.370 e. The average molecular weight is 269 g/mol. The van der Waals surface area contributed by atoms with Gasteiger partial charge in [0.25, 0.3) is 0 Å². The van der Waals surface area contributed by atoms with Crippen LogP contribution in [0.3, 0.4) is 0 Å². The molecule has 2 rings (SSSR count). The van der Waals surface area contributed by atoms with Crippen molar-refractivity contribution in [3.63, 3.8) is 0 Å². The molecule has 1 N–H and O–H groups in total. The zero-order chi connectivity index (χ0) is 14.7. The van der Waals surface area contributed by atoms with Crippen LogP contribution in [-0.4, -0.2) is 16.5 Å². The van der Waals surface area contributed by atoms with Crippen molar-refractivity contribution in [1.29, 1.82) is 0 Å². The quantitative estimate of drug-likeness (QED) is 0.898. The summed E-state index contributed by atoms with van der Waals surface area (Å²) in [5.74, 6) is 1.33. The molecule has 0 saturated carbocycles. The molecule has 20 heavy (non-hydrogen) atoms. The summed E-state index contributed by atoms with van der Waals surface area (Å²) in [5.41, 5.74) is 5.93. The maximum absolute atomic E-state index is 4.54. The van der Waals surface area contributed by atoms with Crippen molar-refractivity contribution in [2.24, 2.45) is 0 Å². The smallest absolute Gasteiger partial charge is 0.133 e. The molecule has 106 valence electrons. The van der Waals surface area contributed by atoms with Gasteiger partial charge in [-0.25, -0.2) is 9.97 Å². The van der Waals surface area contributed by atoms with Crippen molar-refractivity contribution in [3.8, 4) is 11.3 Å². The molecule has 0 spiro atoms. The molecule has 3 heteroatoms. The highest BCUT2D eigenvalue weighted by molar-refractivity contribution is 5.70. The summed E-state index contributed by atoms with van der Waals surface area (Å²) < 4.78 is 0. The molecule has 0 radical (unpaired) electrons. The molecule has 0 unspecified atom stereocenters. The van der Waals surface area contributed by atoms with E-state index in [2.05, 4.69) is 68.1 Å². The van der Waals surface area contributed by atoms with E-state index in [1.807, 2.05) is 0 Å². The van der Waals surface area contributed by atoms with Crippen LogP contribution in [0.2, 0.25) is 0 Å². The van der Waals surface area contributed by atoms with Gasteiger partial charge in [0.15, 0.2) is 0 Å². The molecule has 0 amide bonds. The van der Waals surface area contributed by atoms with Crippen LogP contribution in [0.4, 0.5) is 5.82 Å². The molecule has 0 atom stereocenters. The van der Waals surface area contributed by atoms with Gasteiger partial charge in [0, 0.05) is 17.7 Å². The van der Waals surface area contributed by atoms with Crippen LogP contribution >= 0.6 is 0 Å². The fourth-order valence-electron chi connectivity index (χ4n) is 2.59. The number of rotatable bonds is 4. The Balaban J connectivity index is 2.63. The highest BCUT2D eigenvalue weighted by atomic mass is 15.0. The van der Waals surface area contributed by atoms with Crippen LogP contribution in [0.5, 0.6) is 0 Å². The molecule has 0 saturated heterocycles. The second-order valence-corrected chi connectivity index (χ2v) is 5.55. The van der Waals surface area contributed by atoms with Crippen molar-refractivity contribution in [3.05, 3.63) is 41.2 Å². The lowest BCUT2D eigenvalue weighted by atomic mass is 9.95. The Morgan fingerprint density at radius 2 is 1.70 bits per heavy atom. The highest BCUT2D eigenvalue weighted by Gasteiger charge is 2.16. The summed E-state index contributed by atoms with van der Waals surface area (Å²) >= 11 is 0. The van der Waals surface area contributed by atoms with Crippen LogP contribution in [0.15, 0.2) is 24.5 Å². The Kier molecular flexibility index (Phi) is 4.38. The largest absolute Gasteiger partial charge is 0.370 e. The third-order valence-corrected chi connectivity index (χ3v) is 3.30. The molecule has 1 aromatic heterocycles. The van der Waals surface area contributed by atoms with Gasteiger partial charge in [-0.3, -0.25) is 0 Å². The van der Waals surface area contributed by atoms with Gasteiger partial charge in [-0.1, -0.05) is 31.0 Å². The lowest BCUT2D eigenvalue weighted by Gasteiger charge is -2.17. The zero-order valence-electron chi connectivity index (χ0n) is 13.0. The molecule has 0 bridgehead atoms. The average Bonchev–Trinajstić information content (AvgIpc) is 2.37. The number of anilines is 1. The summed E-state index contributed by atoms with van der Waals surface area (Å²) in [5, 5.41) is 3.35. The molecule has 1 heterocycles. The summed E-state index contributed by atoms with van der Waals surface area (Å²) in [6.45, 7) is 11.6. The van der Waals surface area contributed by atoms with Gasteiger partial charge in [0.2, 0.25) is 0 Å². The van der Waals surface area contributed by atoms with Gasteiger partial charge in [-0.05, 0) is 38.8 Å². The van der Waals surface area contributed by atoms with Crippen molar-refractivity contribution in [1.82, 2.24) is 9.97 Å². The van der Waals surface area contributed by atoms with Crippen LogP contribution in [0.1, 0.15) is 43.4 Å². The van der Waals surface area contributed by atoms with Gasteiger partial charge in [-0.2, -0.15) is 0 Å². The van der Waals surface area contributed by atoms with E-state index in [1.54, 1.807) is 6.33 Å². The standard InChI is InChI=1S/C17H23N3/c1-6-18-17-15(11(2)3)16(19-10-20-17)14-8-12(4)7-13(5)9-14/h7-11H,6H2,1-5H3,(H,18,19,20). The molecular formula is C17H23N3. The van der Waals surface area contributed by atoms with E-state index in [-0.39, 0.29) is 0 Å². The number of hydrogen-bond acceptors (Lipinski definition) is 3. The van der Waals surface area contributed by atoms with E-state index < -0.39 is 0 Å². The third-order valence-electron chi connectivity index (χ3n) is 3.30. The van der Waals surface area contributed by atoms with E-state index >= 15 is 0 Å². The molecule has 2 aromatic rings. The van der Waals surface area contributed by atoms with Gasteiger partial charge >= 0.3 is 0 Å². The lowest BCUT2D eigenvalue weighted by Crippen LogP contribution is -2.07. The van der Waals surface area contributed by atoms with Crippen molar-refractivity contribution in [2.45, 2.75) is 40.5 Å². The van der Waals surface area contributed by atoms with E-state index in [0.29, 0.717) is 5.92 Å². The number of benzene rings is 1. The molecule has 0 aliphatic carbocycles. The van der Waals surface area contributed by atoms with E-state index in [1.165, 1.54) is 22.3 Å². The first kappa shape index (κ1) is 14.5.